The van der Waals surface area contributed by atoms with Crippen LogP contribution in [0.25, 0.3) is 0 Å². The van der Waals surface area contributed by atoms with Crippen molar-refractivity contribution in [2.24, 2.45) is 0 Å². The van der Waals surface area contributed by atoms with Crippen LogP contribution >= 0.6 is 20.1 Å². The molecule has 36 heavy (non-hydrogen) atoms. The van der Waals surface area contributed by atoms with Crippen molar-refractivity contribution in [2.45, 2.75) is 29.6 Å². The minimum atomic E-state index is -1.05. The highest BCUT2D eigenvalue weighted by Crippen LogP contribution is 2.39. The van der Waals surface area contributed by atoms with Gasteiger partial charge in [0.15, 0.2) is 19.9 Å². The predicted octanol–water partition coefficient (Wildman–Crippen LogP) is 8.06. The molecule has 0 atom stereocenters. The molecule has 0 aromatic heterocycles. The van der Waals surface area contributed by atoms with Crippen LogP contribution in [0.15, 0.2) is 108 Å². The Labute approximate surface area is 219 Å². The van der Waals surface area contributed by atoms with Gasteiger partial charge in [0.25, 0.3) is 0 Å². The van der Waals surface area contributed by atoms with Crippen LogP contribution in [-0.4, -0.2) is 30.9 Å². The topological polar surface area (TPSA) is 52.6 Å². The van der Waals surface area contributed by atoms with Gasteiger partial charge in [0.05, 0.1) is 13.2 Å². The summed E-state index contributed by atoms with van der Waals surface area (Å²) in [5.74, 6) is 0.132. The summed E-state index contributed by atoms with van der Waals surface area (Å²) >= 11 is 1.60. The molecule has 3 aromatic rings. The number of ketones is 2. The van der Waals surface area contributed by atoms with Gasteiger partial charge < -0.3 is 9.05 Å². The number of rotatable bonds is 15. The number of aryl methyl sites for hydroxylation is 1. The molecule has 4 nitrogen and oxygen atoms in total. The third kappa shape index (κ3) is 8.39. The molecular weight excluding hydrogens is 487 g/mol. The first-order valence-corrected chi connectivity index (χ1v) is 14.0. The van der Waals surface area contributed by atoms with Crippen molar-refractivity contribution in [2.75, 3.05) is 19.4 Å². The number of Topliss-reactive ketones (excluding diaryl/α,β-unsaturated/α-hetero) is 1. The molecule has 0 unspecified atom stereocenters. The van der Waals surface area contributed by atoms with Gasteiger partial charge in [0.1, 0.15) is 0 Å². The monoisotopic (exact) mass is 518 g/mol. The number of hydrogen-bond acceptors (Lipinski definition) is 5. The molecule has 0 aliphatic carbocycles. The Morgan fingerprint density at radius 3 is 1.94 bits per heavy atom. The van der Waals surface area contributed by atoms with Gasteiger partial charge in [-0.3, -0.25) is 9.59 Å². The lowest BCUT2D eigenvalue weighted by Crippen LogP contribution is -2.03. The van der Waals surface area contributed by atoms with Crippen LogP contribution in [0.5, 0.6) is 0 Å². The van der Waals surface area contributed by atoms with Crippen molar-refractivity contribution in [1.82, 2.24) is 0 Å². The molecule has 0 aliphatic rings. The van der Waals surface area contributed by atoms with E-state index in [1.54, 1.807) is 23.9 Å². The van der Waals surface area contributed by atoms with E-state index in [1.165, 1.54) is 0 Å². The largest absolute Gasteiger partial charge is 0.330 e. The van der Waals surface area contributed by atoms with Gasteiger partial charge >= 0.3 is 0 Å². The zero-order chi connectivity index (χ0) is 25.8. The minimum Gasteiger partial charge on any atom is -0.330 e. The Hall–Kier alpha value is -2.82. The Morgan fingerprint density at radius 1 is 0.833 bits per heavy atom. The second-order valence-corrected chi connectivity index (χ2v) is 10.8. The van der Waals surface area contributed by atoms with Crippen molar-refractivity contribution < 1.29 is 18.6 Å². The van der Waals surface area contributed by atoms with Gasteiger partial charge in [-0.15, -0.1) is 13.2 Å². The second-order valence-electron chi connectivity index (χ2n) is 8.05. The fourth-order valence-corrected chi connectivity index (χ4v) is 5.56. The standard InChI is InChI=1S/C30H31O4PS/c1-4-20-33-35(34-21-5-2)22-8-11-29(31)24-12-16-26(17-13-24)36-27-18-14-25(15-19-27)30(32)28-10-7-6-9-23(28)3/h4-7,9-10,12-19H,1-2,8,11,20-22H2,3H3. The Kier molecular flexibility index (Phi) is 11.3. The molecule has 186 valence electrons. The molecule has 3 aromatic carbocycles. The van der Waals surface area contributed by atoms with Crippen LogP contribution in [0.3, 0.4) is 0 Å². The quantitative estimate of drug-likeness (QED) is 0.116. The minimum absolute atomic E-state index is 0.0274. The molecule has 0 bridgehead atoms. The molecule has 3 rings (SSSR count). The van der Waals surface area contributed by atoms with E-state index in [0.29, 0.717) is 43.3 Å². The molecule has 0 spiro atoms. The zero-order valence-electron chi connectivity index (χ0n) is 20.5. The van der Waals surface area contributed by atoms with Crippen molar-refractivity contribution in [1.29, 1.82) is 0 Å². The predicted molar refractivity (Wildman–Crippen MR) is 149 cm³/mol. The SMILES string of the molecule is C=CCOP(CCCC(=O)c1ccc(Sc2ccc(C(=O)c3ccccc3C)cc2)cc1)OCC=C. The van der Waals surface area contributed by atoms with Gasteiger partial charge in [0.2, 0.25) is 0 Å². The molecule has 0 N–H and O–H groups in total. The van der Waals surface area contributed by atoms with E-state index in [9.17, 15) is 9.59 Å². The lowest BCUT2D eigenvalue weighted by Gasteiger charge is -2.15. The van der Waals surface area contributed by atoms with E-state index in [2.05, 4.69) is 13.2 Å². The van der Waals surface area contributed by atoms with E-state index < -0.39 is 8.38 Å². The second kappa shape index (κ2) is 14.7. The lowest BCUT2D eigenvalue weighted by molar-refractivity contribution is 0.0980. The average Bonchev–Trinajstić information content (AvgIpc) is 2.90. The van der Waals surface area contributed by atoms with Crippen LogP contribution in [0, 0.1) is 6.92 Å². The smallest absolute Gasteiger partial charge is 0.193 e. The molecule has 0 saturated heterocycles. The molecule has 0 aliphatic heterocycles. The van der Waals surface area contributed by atoms with E-state index in [4.69, 9.17) is 9.05 Å². The third-order valence-electron chi connectivity index (χ3n) is 5.34. The number of benzene rings is 3. The lowest BCUT2D eigenvalue weighted by atomic mass is 9.99. The third-order valence-corrected chi connectivity index (χ3v) is 7.91. The van der Waals surface area contributed by atoms with Gasteiger partial charge in [-0.2, -0.15) is 0 Å². The zero-order valence-corrected chi connectivity index (χ0v) is 22.2. The summed E-state index contributed by atoms with van der Waals surface area (Å²) in [6.45, 7) is 10.1. The molecular formula is C30H31O4PS. The van der Waals surface area contributed by atoms with E-state index in [1.807, 2.05) is 79.7 Å². The average molecular weight is 519 g/mol. The van der Waals surface area contributed by atoms with Crippen LogP contribution in [-0.2, 0) is 9.05 Å². The van der Waals surface area contributed by atoms with Crippen molar-refractivity contribution in [3.63, 3.8) is 0 Å². The summed E-state index contributed by atoms with van der Waals surface area (Å²) in [5, 5.41) is 0. The van der Waals surface area contributed by atoms with Crippen LogP contribution in [0.1, 0.15) is 44.7 Å². The first-order valence-electron chi connectivity index (χ1n) is 11.8. The van der Waals surface area contributed by atoms with Crippen LogP contribution in [0.4, 0.5) is 0 Å². The summed E-state index contributed by atoms with van der Waals surface area (Å²) in [6.07, 6.45) is 5.21. The van der Waals surface area contributed by atoms with E-state index in [-0.39, 0.29) is 11.6 Å². The Balaban J connectivity index is 1.52. The maximum atomic E-state index is 12.8. The molecule has 0 amide bonds. The summed E-state index contributed by atoms with van der Waals surface area (Å²) in [5.41, 5.74) is 3.06. The first-order chi connectivity index (χ1) is 17.5. The van der Waals surface area contributed by atoms with Crippen molar-refractivity contribution >= 4 is 31.7 Å². The van der Waals surface area contributed by atoms with E-state index >= 15 is 0 Å². The summed E-state index contributed by atoms with van der Waals surface area (Å²) in [7, 11) is -1.05. The van der Waals surface area contributed by atoms with Crippen molar-refractivity contribution in [3.05, 3.63) is 120 Å². The molecule has 0 fully saturated rings. The fourth-order valence-electron chi connectivity index (χ4n) is 3.45. The summed E-state index contributed by atoms with van der Waals surface area (Å²) in [6, 6.07) is 22.9. The van der Waals surface area contributed by atoms with Crippen LogP contribution < -0.4 is 0 Å². The summed E-state index contributed by atoms with van der Waals surface area (Å²) < 4.78 is 11.3. The first kappa shape index (κ1) is 27.8. The number of carbonyl (C=O) groups is 2. The maximum absolute atomic E-state index is 12.8. The summed E-state index contributed by atoms with van der Waals surface area (Å²) in [4.78, 5) is 27.5. The van der Waals surface area contributed by atoms with Gasteiger partial charge in [-0.25, -0.2) is 0 Å². The molecule has 6 heteroatoms. The Bertz CT molecular complexity index is 1160. The molecule has 0 radical (unpaired) electrons. The number of hydrogen-bond donors (Lipinski definition) is 0. The van der Waals surface area contributed by atoms with Gasteiger partial charge in [0, 0.05) is 39.1 Å². The fraction of sp³-hybridized carbons (Fsp3) is 0.200. The molecule has 0 saturated carbocycles. The Morgan fingerprint density at radius 2 is 1.39 bits per heavy atom. The van der Waals surface area contributed by atoms with Crippen LogP contribution in [0.2, 0.25) is 0 Å². The molecule has 0 heterocycles. The maximum Gasteiger partial charge on any atom is 0.193 e. The van der Waals surface area contributed by atoms with E-state index in [0.717, 1.165) is 20.9 Å². The number of carbonyl (C=O) groups excluding carboxylic acids is 2. The van der Waals surface area contributed by atoms with Gasteiger partial charge in [-0.05, 0) is 55.3 Å². The van der Waals surface area contributed by atoms with Crippen molar-refractivity contribution in [3.8, 4) is 0 Å². The highest BCUT2D eigenvalue weighted by Gasteiger charge is 2.13. The normalized spacial score (nSPS) is 10.8. The van der Waals surface area contributed by atoms with Gasteiger partial charge in [-0.1, -0.05) is 60.3 Å². The highest BCUT2D eigenvalue weighted by molar-refractivity contribution is 7.99. The highest BCUT2D eigenvalue weighted by atomic mass is 32.2.